The number of fused-ring (bicyclic) bond motifs is 1. The van der Waals surface area contributed by atoms with E-state index in [1.807, 2.05) is 4.98 Å². The maximum Gasteiger partial charge on any atom is 0.449 e. The van der Waals surface area contributed by atoms with Gasteiger partial charge in [-0.05, 0) is 32.1 Å². The lowest BCUT2D eigenvalue weighted by atomic mass is 9.85. The molecule has 1 aliphatic carbocycles. The number of aromatic amines is 1. The predicted octanol–water partition coefficient (Wildman–Crippen LogP) is 3.45. The summed E-state index contributed by atoms with van der Waals surface area (Å²) in [4.78, 5) is 19.7. The zero-order valence-corrected chi connectivity index (χ0v) is 14.2. The Kier molecular flexibility index (Phi) is 4.86. The van der Waals surface area contributed by atoms with Crippen molar-refractivity contribution in [3.63, 3.8) is 0 Å². The molecule has 25 heavy (non-hydrogen) atoms. The van der Waals surface area contributed by atoms with E-state index >= 15 is 0 Å². The third kappa shape index (κ3) is 4.03. The lowest BCUT2D eigenvalue weighted by Crippen LogP contribution is -2.38. The topological polar surface area (TPSA) is 49.0 Å². The van der Waals surface area contributed by atoms with Crippen molar-refractivity contribution < 1.29 is 13.2 Å². The van der Waals surface area contributed by atoms with Gasteiger partial charge >= 0.3 is 6.18 Å². The molecule has 3 rings (SSSR count). The van der Waals surface area contributed by atoms with Crippen LogP contribution in [0.3, 0.4) is 0 Å². The molecule has 2 heterocycles. The average Bonchev–Trinajstić information content (AvgIpc) is 2.55. The van der Waals surface area contributed by atoms with E-state index in [9.17, 15) is 18.0 Å². The molecular weight excluding hydrogens is 331 g/mol. The summed E-state index contributed by atoms with van der Waals surface area (Å²) in [5.74, 6) is -0.663. The summed E-state index contributed by atoms with van der Waals surface area (Å²) in [6.45, 7) is 7.78. The minimum absolute atomic E-state index is 0.271. The van der Waals surface area contributed by atoms with Crippen LogP contribution < -0.4 is 5.56 Å². The Bertz CT molecular complexity index is 764. The highest BCUT2D eigenvalue weighted by Gasteiger charge is 2.36. The Balaban J connectivity index is 1.70. The summed E-state index contributed by atoms with van der Waals surface area (Å²) in [7, 11) is 0. The highest BCUT2D eigenvalue weighted by atomic mass is 19.4. The SMILES string of the molecule is C=C(C)C1CC=C(CN2CCc3nc(C(F)(F)F)[nH]c(=O)c3C2)CC1. The van der Waals surface area contributed by atoms with Gasteiger partial charge in [0.15, 0.2) is 0 Å². The van der Waals surface area contributed by atoms with Crippen molar-refractivity contribution in [2.75, 3.05) is 13.1 Å². The van der Waals surface area contributed by atoms with Gasteiger partial charge in [-0.1, -0.05) is 23.8 Å². The number of nitrogens with zero attached hydrogens (tertiary/aromatic N) is 2. The van der Waals surface area contributed by atoms with Crippen molar-refractivity contribution in [2.24, 2.45) is 5.92 Å². The van der Waals surface area contributed by atoms with E-state index in [2.05, 4.69) is 29.5 Å². The molecule has 0 aromatic carbocycles. The van der Waals surface area contributed by atoms with Crippen LogP contribution in [0.5, 0.6) is 0 Å². The fourth-order valence-electron chi connectivity index (χ4n) is 3.52. The normalized spacial score (nSPS) is 21.6. The summed E-state index contributed by atoms with van der Waals surface area (Å²) in [6, 6.07) is 0. The largest absolute Gasteiger partial charge is 0.449 e. The van der Waals surface area contributed by atoms with E-state index in [1.54, 1.807) is 0 Å². The van der Waals surface area contributed by atoms with Gasteiger partial charge in [0.2, 0.25) is 5.82 Å². The molecule has 1 aliphatic heterocycles. The molecule has 1 unspecified atom stereocenters. The second-order valence-corrected chi connectivity index (χ2v) is 6.98. The monoisotopic (exact) mass is 353 g/mol. The summed E-state index contributed by atoms with van der Waals surface area (Å²) in [6.07, 6.45) is 1.06. The molecule has 0 bridgehead atoms. The first-order valence-corrected chi connectivity index (χ1v) is 8.49. The van der Waals surface area contributed by atoms with Gasteiger partial charge in [-0.25, -0.2) is 4.98 Å². The van der Waals surface area contributed by atoms with E-state index in [4.69, 9.17) is 0 Å². The molecule has 0 amide bonds. The molecule has 1 atom stereocenters. The van der Waals surface area contributed by atoms with Crippen LogP contribution in [0.25, 0.3) is 0 Å². The molecule has 1 N–H and O–H groups in total. The van der Waals surface area contributed by atoms with E-state index < -0.39 is 17.6 Å². The standard InChI is InChI=1S/C18H22F3N3O/c1-11(2)13-5-3-12(4-6-13)9-24-8-7-15-14(10-24)16(25)23-17(22-15)18(19,20)21/h3,13H,1,4-10H2,2H3,(H,22,23,25). The fourth-order valence-corrected chi connectivity index (χ4v) is 3.52. The van der Waals surface area contributed by atoms with Gasteiger partial charge in [0, 0.05) is 26.1 Å². The van der Waals surface area contributed by atoms with Crippen molar-refractivity contribution >= 4 is 0 Å². The Morgan fingerprint density at radius 2 is 2.20 bits per heavy atom. The highest BCUT2D eigenvalue weighted by Crippen LogP contribution is 2.30. The molecule has 0 spiro atoms. The summed E-state index contributed by atoms with van der Waals surface area (Å²) >= 11 is 0. The smallest absolute Gasteiger partial charge is 0.303 e. The highest BCUT2D eigenvalue weighted by molar-refractivity contribution is 5.22. The van der Waals surface area contributed by atoms with Gasteiger partial charge in [-0.3, -0.25) is 9.69 Å². The van der Waals surface area contributed by atoms with Crippen LogP contribution in [-0.4, -0.2) is 28.0 Å². The van der Waals surface area contributed by atoms with Gasteiger partial charge in [-0.15, -0.1) is 0 Å². The van der Waals surface area contributed by atoms with Crippen LogP contribution in [0, 0.1) is 5.92 Å². The third-order valence-electron chi connectivity index (χ3n) is 5.04. The Hall–Kier alpha value is -1.89. The minimum atomic E-state index is -4.63. The zero-order valence-electron chi connectivity index (χ0n) is 14.2. The summed E-state index contributed by atoms with van der Waals surface area (Å²) in [5.41, 5.74) is 2.49. The third-order valence-corrected chi connectivity index (χ3v) is 5.04. The number of H-pyrrole nitrogens is 1. The number of hydrogen-bond donors (Lipinski definition) is 1. The molecular formula is C18H22F3N3O. The van der Waals surface area contributed by atoms with E-state index in [-0.39, 0.29) is 5.69 Å². The number of aromatic nitrogens is 2. The second-order valence-electron chi connectivity index (χ2n) is 6.98. The van der Waals surface area contributed by atoms with E-state index in [1.165, 1.54) is 11.1 Å². The number of hydrogen-bond acceptors (Lipinski definition) is 3. The van der Waals surface area contributed by atoms with Crippen molar-refractivity contribution in [3.05, 3.63) is 51.2 Å². The summed E-state index contributed by atoms with van der Waals surface area (Å²) in [5, 5.41) is 0. The number of allylic oxidation sites excluding steroid dienone is 2. The number of rotatable bonds is 3. The summed E-state index contributed by atoms with van der Waals surface area (Å²) < 4.78 is 38.3. The van der Waals surface area contributed by atoms with Crippen LogP contribution in [0.1, 0.15) is 43.3 Å². The molecule has 0 fully saturated rings. The molecule has 7 heteroatoms. The van der Waals surface area contributed by atoms with Crippen LogP contribution in [0.15, 0.2) is 28.6 Å². The van der Waals surface area contributed by atoms with Gasteiger partial charge in [0.05, 0.1) is 11.3 Å². The van der Waals surface area contributed by atoms with Gasteiger partial charge < -0.3 is 4.98 Å². The molecule has 2 aliphatic rings. The van der Waals surface area contributed by atoms with Gasteiger partial charge in [0.1, 0.15) is 0 Å². The minimum Gasteiger partial charge on any atom is -0.303 e. The van der Waals surface area contributed by atoms with Crippen LogP contribution in [0.4, 0.5) is 13.2 Å². The second kappa shape index (κ2) is 6.78. The van der Waals surface area contributed by atoms with Crippen LogP contribution >= 0.6 is 0 Å². The molecule has 4 nitrogen and oxygen atoms in total. The van der Waals surface area contributed by atoms with Gasteiger partial charge in [-0.2, -0.15) is 13.2 Å². The average molecular weight is 353 g/mol. The maximum atomic E-state index is 12.8. The number of halogens is 3. The van der Waals surface area contributed by atoms with E-state index in [0.717, 1.165) is 25.8 Å². The first-order valence-electron chi connectivity index (χ1n) is 8.49. The Morgan fingerprint density at radius 1 is 1.44 bits per heavy atom. The fraction of sp³-hybridized carbons (Fsp3) is 0.556. The quantitative estimate of drug-likeness (QED) is 0.847. The van der Waals surface area contributed by atoms with Crippen molar-refractivity contribution in [3.8, 4) is 0 Å². The maximum absolute atomic E-state index is 12.8. The van der Waals surface area contributed by atoms with Crippen LogP contribution in [0.2, 0.25) is 0 Å². The van der Waals surface area contributed by atoms with Crippen LogP contribution in [-0.2, 0) is 19.1 Å². The molecule has 0 saturated carbocycles. The molecule has 1 aromatic heterocycles. The van der Waals surface area contributed by atoms with Crippen molar-refractivity contribution in [2.45, 2.75) is 45.3 Å². The lowest BCUT2D eigenvalue weighted by Gasteiger charge is -2.30. The lowest BCUT2D eigenvalue weighted by molar-refractivity contribution is -0.145. The number of nitrogens with one attached hydrogen (secondary N) is 1. The zero-order chi connectivity index (χ0) is 18.2. The van der Waals surface area contributed by atoms with E-state index in [0.29, 0.717) is 31.0 Å². The first kappa shape index (κ1) is 17.9. The number of alkyl halides is 3. The molecule has 0 radical (unpaired) electrons. The Morgan fingerprint density at radius 3 is 2.80 bits per heavy atom. The molecule has 136 valence electrons. The van der Waals surface area contributed by atoms with Gasteiger partial charge in [0.25, 0.3) is 5.56 Å². The van der Waals surface area contributed by atoms with Crippen molar-refractivity contribution in [1.82, 2.24) is 14.9 Å². The Labute approximate surface area is 144 Å². The predicted molar refractivity (Wildman–Crippen MR) is 89.1 cm³/mol. The first-order chi connectivity index (χ1) is 11.7. The molecule has 1 aromatic rings. The van der Waals surface area contributed by atoms with Crippen molar-refractivity contribution in [1.29, 1.82) is 0 Å². The molecule has 0 saturated heterocycles.